The monoisotopic (exact) mass is 408 g/mol. The van der Waals surface area contributed by atoms with Crippen molar-refractivity contribution in [3.05, 3.63) is 0 Å². The van der Waals surface area contributed by atoms with Crippen molar-refractivity contribution >= 4 is 0 Å². The standard InChI is InChI=1S/C12H23N.C11H21N.2C2H6/c1-12(2,3)11-8-10-4-6-13(9-11)7-5-10;1-11(2,3)10-6-9-4-5-12(7-9)8-10;2*1-2/h10-11H,4-9H2,1-3H3;9-10H,4-8H2,1-3H3;2*1-2H3. The predicted molar refractivity (Wildman–Crippen MR) is 132 cm³/mol. The minimum Gasteiger partial charge on any atom is -0.303 e. The molecule has 0 aromatic heterocycles. The average molecular weight is 409 g/mol. The molecule has 0 aromatic carbocycles. The van der Waals surface area contributed by atoms with E-state index in [1.807, 2.05) is 27.7 Å². The van der Waals surface area contributed by atoms with Gasteiger partial charge in [-0.15, -0.1) is 0 Å². The summed E-state index contributed by atoms with van der Waals surface area (Å²) in [7, 11) is 0. The Morgan fingerprint density at radius 1 is 0.517 bits per heavy atom. The van der Waals surface area contributed by atoms with Crippen molar-refractivity contribution in [2.45, 2.75) is 101 Å². The molecule has 5 rings (SSSR count). The Bertz CT molecular complexity index is 397. The van der Waals surface area contributed by atoms with E-state index in [4.69, 9.17) is 0 Å². The summed E-state index contributed by atoms with van der Waals surface area (Å²) in [6, 6.07) is 0. The molecule has 4 atom stereocenters. The second-order valence-electron chi connectivity index (χ2n) is 11.8. The van der Waals surface area contributed by atoms with Gasteiger partial charge in [0.2, 0.25) is 0 Å². The first-order valence-corrected chi connectivity index (χ1v) is 13.1. The fraction of sp³-hybridized carbons (Fsp3) is 1.00. The zero-order chi connectivity index (χ0) is 22.2. The number of nitrogens with zero attached hydrogens (tertiary/aromatic N) is 2. The molecule has 5 aliphatic heterocycles. The lowest BCUT2D eigenvalue weighted by molar-refractivity contribution is 0.111. The van der Waals surface area contributed by atoms with E-state index in [2.05, 4.69) is 51.3 Å². The number of hydrogen-bond donors (Lipinski definition) is 0. The molecule has 174 valence electrons. The second kappa shape index (κ2) is 12.1. The topological polar surface area (TPSA) is 6.48 Å². The van der Waals surface area contributed by atoms with Crippen molar-refractivity contribution in [3.63, 3.8) is 0 Å². The van der Waals surface area contributed by atoms with Crippen LogP contribution in [0.4, 0.5) is 0 Å². The molecule has 0 spiro atoms. The molecule has 5 heterocycles. The third-order valence-corrected chi connectivity index (χ3v) is 7.72. The Morgan fingerprint density at radius 2 is 0.897 bits per heavy atom. The van der Waals surface area contributed by atoms with Gasteiger partial charge in [0, 0.05) is 19.6 Å². The molecule has 0 amide bonds. The summed E-state index contributed by atoms with van der Waals surface area (Å²) in [6.07, 6.45) is 7.37. The fourth-order valence-electron chi connectivity index (χ4n) is 5.51. The van der Waals surface area contributed by atoms with Gasteiger partial charge in [0.15, 0.2) is 0 Å². The molecular formula is C27H56N2. The van der Waals surface area contributed by atoms with E-state index in [1.165, 1.54) is 71.4 Å². The Hall–Kier alpha value is -0.0800. The van der Waals surface area contributed by atoms with Crippen molar-refractivity contribution < 1.29 is 0 Å². The van der Waals surface area contributed by atoms with E-state index in [0.29, 0.717) is 10.8 Å². The highest BCUT2D eigenvalue weighted by atomic mass is 15.2. The first kappa shape index (κ1) is 27.0. The normalized spacial score (nSPS) is 35.8. The Kier molecular flexibility index (Phi) is 11.2. The molecule has 2 nitrogen and oxygen atoms in total. The van der Waals surface area contributed by atoms with Gasteiger partial charge in [-0.1, -0.05) is 69.2 Å². The van der Waals surface area contributed by atoms with Gasteiger partial charge < -0.3 is 9.80 Å². The molecule has 0 radical (unpaired) electrons. The average Bonchev–Trinajstić information content (AvgIpc) is 2.88. The molecule has 5 aliphatic rings. The minimum atomic E-state index is 0.519. The summed E-state index contributed by atoms with van der Waals surface area (Å²) < 4.78 is 0. The first-order valence-electron chi connectivity index (χ1n) is 13.1. The minimum absolute atomic E-state index is 0.519. The van der Waals surface area contributed by atoms with Gasteiger partial charge in [-0.2, -0.15) is 0 Å². The molecule has 0 aromatic rings. The van der Waals surface area contributed by atoms with E-state index in [-0.39, 0.29) is 0 Å². The number of piperidine rings is 2. The highest BCUT2D eigenvalue weighted by Crippen LogP contribution is 2.40. The van der Waals surface area contributed by atoms with Crippen LogP contribution in [0.25, 0.3) is 0 Å². The van der Waals surface area contributed by atoms with Gasteiger partial charge >= 0.3 is 0 Å². The van der Waals surface area contributed by atoms with Crippen molar-refractivity contribution in [2.24, 2.45) is 34.5 Å². The molecule has 0 saturated carbocycles. The highest BCUT2D eigenvalue weighted by molar-refractivity contribution is 4.90. The van der Waals surface area contributed by atoms with Crippen LogP contribution >= 0.6 is 0 Å². The molecule has 5 fully saturated rings. The van der Waals surface area contributed by atoms with Crippen LogP contribution in [0.1, 0.15) is 101 Å². The van der Waals surface area contributed by atoms with Crippen LogP contribution in [0.5, 0.6) is 0 Å². The van der Waals surface area contributed by atoms with Crippen LogP contribution < -0.4 is 0 Å². The Morgan fingerprint density at radius 3 is 1.34 bits per heavy atom. The van der Waals surface area contributed by atoms with Gasteiger partial charge in [0.05, 0.1) is 0 Å². The van der Waals surface area contributed by atoms with Crippen molar-refractivity contribution in [3.8, 4) is 0 Å². The smallest absolute Gasteiger partial charge is 0.00149 e. The SMILES string of the molecule is CC.CC.CC(C)(C)C1CC2CCN(C2)C1.CC(C)(C)C1CC2CCN(CC2)C1. The summed E-state index contributed by atoms with van der Waals surface area (Å²) >= 11 is 0. The molecule has 2 heteroatoms. The highest BCUT2D eigenvalue weighted by Gasteiger charge is 2.37. The van der Waals surface area contributed by atoms with Gasteiger partial charge in [0.1, 0.15) is 0 Å². The van der Waals surface area contributed by atoms with Crippen LogP contribution in [0.15, 0.2) is 0 Å². The fourth-order valence-corrected chi connectivity index (χ4v) is 5.51. The van der Waals surface area contributed by atoms with Crippen LogP contribution in [-0.2, 0) is 0 Å². The number of fused-ring (bicyclic) bond motifs is 6. The lowest BCUT2D eigenvalue weighted by Crippen LogP contribution is -2.39. The molecule has 4 bridgehead atoms. The third kappa shape index (κ3) is 8.52. The summed E-state index contributed by atoms with van der Waals surface area (Å²) in [6.45, 7) is 30.6. The van der Waals surface area contributed by atoms with Crippen LogP contribution in [-0.4, -0.2) is 49.1 Å². The molecule has 0 aliphatic carbocycles. The summed E-state index contributed by atoms with van der Waals surface area (Å²) in [5, 5.41) is 0. The van der Waals surface area contributed by atoms with Crippen LogP contribution in [0.3, 0.4) is 0 Å². The first-order chi connectivity index (χ1) is 13.6. The van der Waals surface area contributed by atoms with Crippen molar-refractivity contribution in [1.29, 1.82) is 0 Å². The van der Waals surface area contributed by atoms with Crippen LogP contribution in [0, 0.1) is 34.5 Å². The Balaban J connectivity index is 0.000000248. The third-order valence-electron chi connectivity index (χ3n) is 7.72. The molecule has 5 saturated heterocycles. The van der Waals surface area contributed by atoms with Gasteiger partial charge in [-0.05, 0) is 86.2 Å². The van der Waals surface area contributed by atoms with Crippen molar-refractivity contribution in [1.82, 2.24) is 9.80 Å². The molecule has 4 unspecified atom stereocenters. The van der Waals surface area contributed by atoms with Gasteiger partial charge in [0.25, 0.3) is 0 Å². The van der Waals surface area contributed by atoms with Crippen molar-refractivity contribution in [2.75, 3.05) is 39.3 Å². The maximum atomic E-state index is 2.68. The van der Waals surface area contributed by atoms with E-state index >= 15 is 0 Å². The van der Waals surface area contributed by atoms with E-state index in [0.717, 1.165) is 23.7 Å². The molecule has 29 heavy (non-hydrogen) atoms. The maximum Gasteiger partial charge on any atom is 0.00149 e. The lowest BCUT2D eigenvalue weighted by Gasteiger charge is -2.38. The van der Waals surface area contributed by atoms with E-state index in [1.54, 1.807) is 0 Å². The second-order valence-corrected chi connectivity index (χ2v) is 11.8. The van der Waals surface area contributed by atoms with Gasteiger partial charge in [-0.3, -0.25) is 0 Å². The zero-order valence-corrected chi connectivity index (χ0v) is 22.0. The quantitative estimate of drug-likeness (QED) is 0.418. The summed E-state index contributed by atoms with van der Waals surface area (Å²) in [5.41, 5.74) is 1.05. The zero-order valence-electron chi connectivity index (χ0n) is 22.0. The largest absolute Gasteiger partial charge is 0.303 e. The number of rotatable bonds is 0. The molecule has 0 N–H and O–H groups in total. The van der Waals surface area contributed by atoms with E-state index < -0.39 is 0 Å². The lowest BCUT2D eigenvalue weighted by atomic mass is 9.74. The number of hydrogen-bond acceptors (Lipinski definition) is 2. The van der Waals surface area contributed by atoms with E-state index in [9.17, 15) is 0 Å². The van der Waals surface area contributed by atoms with Gasteiger partial charge in [-0.25, -0.2) is 0 Å². The maximum absolute atomic E-state index is 2.68. The summed E-state index contributed by atoms with van der Waals surface area (Å²) in [5.74, 6) is 3.95. The predicted octanol–water partition coefficient (Wildman–Crippen LogP) is 7.19. The van der Waals surface area contributed by atoms with Crippen LogP contribution in [0.2, 0.25) is 0 Å². The summed E-state index contributed by atoms with van der Waals surface area (Å²) in [4.78, 5) is 5.34. The Labute approximate surface area is 185 Å². The molecular weight excluding hydrogens is 352 g/mol.